The van der Waals surface area contributed by atoms with Gasteiger partial charge in [-0.1, -0.05) is 25.1 Å². The van der Waals surface area contributed by atoms with Crippen molar-refractivity contribution in [3.05, 3.63) is 53.6 Å². The van der Waals surface area contributed by atoms with Crippen molar-refractivity contribution in [2.45, 2.75) is 25.2 Å². The average molecular weight is 385 g/mol. The van der Waals surface area contributed by atoms with E-state index < -0.39 is 10.0 Å². The van der Waals surface area contributed by atoms with Gasteiger partial charge in [-0.25, -0.2) is 13.4 Å². The van der Waals surface area contributed by atoms with Crippen molar-refractivity contribution >= 4 is 27.0 Å². The second kappa shape index (κ2) is 6.98. The molecular formula is C20H24N4O2S. The van der Waals surface area contributed by atoms with E-state index in [2.05, 4.69) is 34.8 Å². The fraction of sp³-hybridized carbons (Fsp3) is 0.350. The average Bonchev–Trinajstić information content (AvgIpc) is 3.11. The molecule has 27 heavy (non-hydrogen) atoms. The lowest BCUT2D eigenvalue weighted by atomic mass is 10.2. The molecule has 1 saturated heterocycles. The monoisotopic (exact) mass is 384 g/mol. The van der Waals surface area contributed by atoms with Crippen LogP contribution in [0.4, 0.5) is 5.95 Å². The topological polar surface area (TPSA) is 69.3 Å². The maximum absolute atomic E-state index is 12.9. The van der Waals surface area contributed by atoms with Gasteiger partial charge in [0.2, 0.25) is 16.0 Å². The molecule has 6 nitrogen and oxygen atoms in total. The number of nitrogens with zero attached hydrogens (tertiary/aromatic N) is 3. The molecule has 1 aliphatic rings. The number of sulfonamides is 1. The minimum Gasteiger partial charge on any atom is -0.340 e. The van der Waals surface area contributed by atoms with Crippen molar-refractivity contribution in [1.29, 1.82) is 0 Å². The summed E-state index contributed by atoms with van der Waals surface area (Å²) >= 11 is 0. The number of nitrogens with one attached hydrogen (secondary N) is 1. The number of fused-ring (bicyclic) bond motifs is 1. The summed E-state index contributed by atoms with van der Waals surface area (Å²) in [6.45, 7) is 6.25. The summed E-state index contributed by atoms with van der Waals surface area (Å²) in [6.07, 6.45) is 0.899. The van der Waals surface area contributed by atoms with Crippen molar-refractivity contribution in [2.75, 3.05) is 31.1 Å². The zero-order chi connectivity index (χ0) is 19.0. The van der Waals surface area contributed by atoms with Gasteiger partial charge in [0, 0.05) is 26.2 Å². The number of rotatable bonds is 4. The Bertz CT molecular complexity index is 1050. The highest BCUT2D eigenvalue weighted by atomic mass is 32.2. The molecule has 1 aliphatic heterocycles. The highest BCUT2D eigenvalue weighted by molar-refractivity contribution is 7.89. The SMILES string of the molecule is CCc1ccc(S(=O)(=O)N2CCN(c3nc4ccc(C)cc4[nH]3)CC2)cc1. The van der Waals surface area contributed by atoms with Gasteiger partial charge in [-0.15, -0.1) is 0 Å². The number of H-pyrrole nitrogens is 1. The van der Waals surface area contributed by atoms with Gasteiger partial charge in [0.15, 0.2) is 0 Å². The van der Waals surface area contributed by atoms with E-state index in [0.717, 1.165) is 29.0 Å². The maximum Gasteiger partial charge on any atom is 0.243 e. The molecule has 0 saturated carbocycles. The number of anilines is 1. The van der Waals surface area contributed by atoms with Gasteiger partial charge in [-0.3, -0.25) is 0 Å². The summed E-state index contributed by atoms with van der Waals surface area (Å²) in [7, 11) is -3.45. The zero-order valence-corrected chi connectivity index (χ0v) is 16.5. The number of piperazine rings is 1. The summed E-state index contributed by atoms with van der Waals surface area (Å²) in [5.41, 5.74) is 4.26. The molecular weight excluding hydrogens is 360 g/mol. The molecule has 1 fully saturated rings. The molecule has 0 aliphatic carbocycles. The van der Waals surface area contributed by atoms with Crippen LogP contribution in [0.3, 0.4) is 0 Å². The van der Waals surface area contributed by atoms with E-state index in [1.165, 1.54) is 5.56 Å². The standard InChI is InChI=1S/C20H24N4O2S/c1-3-16-5-7-17(8-6-16)27(25,26)24-12-10-23(11-13-24)20-21-18-9-4-15(2)14-19(18)22-20/h4-9,14H,3,10-13H2,1-2H3,(H,21,22). The van der Waals surface area contributed by atoms with Gasteiger partial charge in [-0.05, 0) is 48.7 Å². The Hall–Kier alpha value is -2.38. The van der Waals surface area contributed by atoms with Crippen LogP contribution in [-0.4, -0.2) is 48.9 Å². The zero-order valence-electron chi connectivity index (χ0n) is 15.6. The molecule has 0 unspecified atom stereocenters. The van der Waals surface area contributed by atoms with Crippen molar-refractivity contribution in [3.8, 4) is 0 Å². The van der Waals surface area contributed by atoms with E-state index >= 15 is 0 Å². The number of hydrogen-bond acceptors (Lipinski definition) is 4. The molecule has 0 bridgehead atoms. The lowest BCUT2D eigenvalue weighted by molar-refractivity contribution is 0.383. The quantitative estimate of drug-likeness (QED) is 0.751. The maximum atomic E-state index is 12.9. The second-order valence-corrected chi connectivity index (χ2v) is 8.91. The molecule has 0 amide bonds. The molecule has 0 atom stereocenters. The number of aryl methyl sites for hydroxylation is 2. The first-order valence-electron chi connectivity index (χ1n) is 9.28. The normalized spacial score (nSPS) is 16.1. The van der Waals surface area contributed by atoms with Crippen LogP contribution < -0.4 is 4.90 Å². The minimum absolute atomic E-state index is 0.368. The first kappa shape index (κ1) is 18.0. The Kier molecular flexibility index (Phi) is 4.65. The summed E-state index contributed by atoms with van der Waals surface area (Å²) in [4.78, 5) is 10.5. The van der Waals surface area contributed by atoms with Crippen molar-refractivity contribution < 1.29 is 8.42 Å². The Morgan fingerprint density at radius 3 is 2.41 bits per heavy atom. The van der Waals surface area contributed by atoms with Crippen LogP contribution in [0, 0.1) is 6.92 Å². The van der Waals surface area contributed by atoms with Crippen molar-refractivity contribution in [1.82, 2.24) is 14.3 Å². The van der Waals surface area contributed by atoms with Gasteiger partial charge < -0.3 is 9.88 Å². The third-order valence-electron chi connectivity index (χ3n) is 5.13. The number of hydrogen-bond donors (Lipinski definition) is 1. The van der Waals surface area contributed by atoms with Gasteiger partial charge in [0.05, 0.1) is 15.9 Å². The van der Waals surface area contributed by atoms with Crippen molar-refractivity contribution in [2.24, 2.45) is 0 Å². The molecule has 1 aromatic heterocycles. The third kappa shape index (κ3) is 3.44. The van der Waals surface area contributed by atoms with Gasteiger partial charge in [-0.2, -0.15) is 4.31 Å². The first-order chi connectivity index (χ1) is 13.0. The number of imidazole rings is 1. The molecule has 142 valence electrons. The van der Waals surface area contributed by atoms with E-state index in [-0.39, 0.29) is 0 Å². The number of aromatic nitrogens is 2. The van der Waals surface area contributed by atoms with Crippen LogP contribution in [0.5, 0.6) is 0 Å². The Labute approximate surface area is 159 Å². The molecule has 0 spiro atoms. The second-order valence-electron chi connectivity index (χ2n) is 6.97. The highest BCUT2D eigenvalue weighted by Crippen LogP contribution is 2.22. The van der Waals surface area contributed by atoms with Crippen LogP contribution in [0.2, 0.25) is 0 Å². The van der Waals surface area contributed by atoms with E-state index in [1.54, 1.807) is 16.4 Å². The van der Waals surface area contributed by atoms with E-state index in [1.807, 2.05) is 24.3 Å². The lowest BCUT2D eigenvalue weighted by Crippen LogP contribution is -2.49. The summed E-state index contributed by atoms with van der Waals surface area (Å²) in [5.74, 6) is 0.806. The van der Waals surface area contributed by atoms with Crippen LogP contribution >= 0.6 is 0 Å². The van der Waals surface area contributed by atoms with Crippen LogP contribution in [-0.2, 0) is 16.4 Å². The Morgan fingerprint density at radius 1 is 1.04 bits per heavy atom. The van der Waals surface area contributed by atoms with Gasteiger partial charge in [0.25, 0.3) is 0 Å². The molecule has 4 rings (SSSR count). The summed E-state index contributed by atoms with van der Waals surface area (Å²) < 4.78 is 27.4. The third-order valence-corrected chi connectivity index (χ3v) is 7.05. The Balaban J connectivity index is 1.48. The Morgan fingerprint density at radius 2 is 1.74 bits per heavy atom. The smallest absolute Gasteiger partial charge is 0.243 e. The van der Waals surface area contributed by atoms with E-state index in [4.69, 9.17) is 0 Å². The molecule has 1 N–H and O–H groups in total. The summed E-state index contributed by atoms with van der Waals surface area (Å²) in [6, 6.07) is 13.3. The minimum atomic E-state index is -3.45. The van der Waals surface area contributed by atoms with Crippen LogP contribution in [0.1, 0.15) is 18.1 Å². The van der Waals surface area contributed by atoms with Gasteiger partial charge in [0.1, 0.15) is 0 Å². The fourth-order valence-corrected chi connectivity index (χ4v) is 4.87. The fourth-order valence-electron chi connectivity index (χ4n) is 3.45. The highest BCUT2D eigenvalue weighted by Gasteiger charge is 2.29. The summed E-state index contributed by atoms with van der Waals surface area (Å²) in [5, 5.41) is 0. The molecule has 3 aromatic rings. The number of aromatic amines is 1. The van der Waals surface area contributed by atoms with E-state index in [0.29, 0.717) is 31.1 Å². The van der Waals surface area contributed by atoms with Crippen molar-refractivity contribution in [3.63, 3.8) is 0 Å². The first-order valence-corrected chi connectivity index (χ1v) is 10.7. The molecule has 0 radical (unpaired) electrons. The molecule has 7 heteroatoms. The predicted molar refractivity (Wildman–Crippen MR) is 108 cm³/mol. The van der Waals surface area contributed by atoms with E-state index in [9.17, 15) is 8.42 Å². The molecule has 2 aromatic carbocycles. The number of benzene rings is 2. The van der Waals surface area contributed by atoms with Gasteiger partial charge >= 0.3 is 0 Å². The van der Waals surface area contributed by atoms with Crippen LogP contribution in [0.25, 0.3) is 11.0 Å². The van der Waals surface area contributed by atoms with Crippen LogP contribution in [0.15, 0.2) is 47.4 Å². The predicted octanol–water partition coefficient (Wildman–Crippen LogP) is 2.94. The largest absolute Gasteiger partial charge is 0.340 e. The molecule has 2 heterocycles. The lowest BCUT2D eigenvalue weighted by Gasteiger charge is -2.33.